The number of hydrogen-bond donors (Lipinski definition) is 3. The fraction of sp³-hybridized carbons (Fsp3) is 0.273. The minimum atomic E-state index is -0.682. The predicted octanol–water partition coefficient (Wildman–Crippen LogP) is 0.475. The summed E-state index contributed by atoms with van der Waals surface area (Å²) in [5.41, 5.74) is 7.08. The molecule has 17 heavy (non-hydrogen) atoms. The van der Waals surface area contributed by atoms with E-state index in [0.29, 0.717) is 5.69 Å². The van der Waals surface area contributed by atoms with Crippen molar-refractivity contribution < 1.29 is 9.53 Å². The van der Waals surface area contributed by atoms with E-state index in [4.69, 9.17) is 10.5 Å². The first-order chi connectivity index (χ1) is 8.22. The van der Waals surface area contributed by atoms with Gasteiger partial charge in [-0.15, -0.1) is 0 Å². The molecule has 0 aliphatic carbocycles. The summed E-state index contributed by atoms with van der Waals surface area (Å²) < 4.78 is 4.83. The fourth-order valence-corrected chi connectivity index (χ4v) is 1.55. The largest absolute Gasteiger partial charge is 0.383 e. The Morgan fingerprint density at radius 3 is 3.24 bits per heavy atom. The van der Waals surface area contributed by atoms with E-state index < -0.39 is 6.04 Å². The van der Waals surface area contributed by atoms with Crippen LogP contribution in [0.15, 0.2) is 24.4 Å². The van der Waals surface area contributed by atoms with Crippen molar-refractivity contribution in [1.82, 2.24) is 10.2 Å². The lowest BCUT2D eigenvalue weighted by Crippen LogP contribution is -2.39. The molecule has 1 aromatic carbocycles. The third-order valence-electron chi connectivity index (χ3n) is 2.42. The minimum absolute atomic E-state index is 0.185. The number of nitrogens with one attached hydrogen (secondary N) is 2. The number of carbonyl (C=O) groups is 1. The van der Waals surface area contributed by atoms with Crippen molar-refractivity contribution in [2.45, 2.75) is 6.04 Å². The molecule has 2 rings (SSSR count). The first-order valence-corrected chi connectivity index (χ1v) is 5.20. The molecule has 6 heteroatoms. The fourth-order valence-electron chi connectivity index (χ4n) is 1.55. The van der Waals surface area contributed by atoms with Gasteiger partial charge in [-0.1, -0.05) is 12.1 Å². The van der Waals surface area contributed by atoms with Crippen LogP contribution in [0.25, 0.3) is 10.9 Å². The highest BCUT2D eigenvalue weighted by Crippen LogP contribution is 2.20. The molecule has 0 radical (unpaired) electrons. The Morgan fingerprint density at radius 1 is 1.65 bits per heavy atom. The van der Waals surface area contributed by atoms with Crippen molar-refractivity contribution in [3.63, 3.8) is 0 Å². The van der Waals surface area contributed by atoms with Crippen LogP contribution in [-0.2, 0) is 9.53 Å². The first kappa shape index (κ1) is 11.6. The average molecular weight is 234 g/mol. The monoisotopic (exact) mass is 234 g/mol. The Morgan fingerprint density at radius 2 is 2.47 bits per heavy atom. The molecule has 0 saturated heterocycles. The Bertz CT molecular complexity index is 523. The van der Waals surface area contributed by atoms with E-state index in [-0.39, 0.29) is 12.5 Å². The number of benzene rings is 1. The summed E-state index contributed by atoms with van der Waals surface area (Å²) in [6.45, 7) is 0.185. The van der Waals surface area contributed by atoms with Crippen molar-refractivity contribution in [1.29, 1.82) is 0 Å². The van der Waals surface area contributed by atoms with Crippen LogP contribution >= 0.6 is 0 Å². The molecule has 0 saturated carbocycles. The molecule has 1 aromatic heterocycles. The molecule has 90 valence electrons. The molecule has 0 bridgehead atoms. The van der Waals surface area contributed by atoms with Crippen LogP contribution in [0.1, 0.15) is 0 Å². The first-order valence-electron chi connectivity index (χ1n) is 5.20. The summed E-state index contributed by atoms with van der Waals surface area (Å²) in [6.07, 6.45) is 1.69. The number of para-hydroxylation sites is 1. The van der Waals surface area contributed by atoms with E-state index in [1.807, 2.05) is 12.1 Å². The van der Waals surface area contributed by atoms with E-state index in [1.54, 1.807) is 12.3 Å². The third-order valence-corrected chi connectivity index (χ3v) is 2.42. The van der Waals surface area contributed by atoms with Gasteiger partial charge in [-0.3, -0.25) is 9.89 Å². The summed E-state index contributed by atoms with van der Waals surface area (Å²) in [5.74, 6) is -0.283. The zero-order valence-electron chi connectivity index (χ0n) is 9.43. The Labute approximate surface area is 98.1 Å². The van der Waals surface area contributed by atoms with Crippen LogP contribution in [0.2, 0.25) is 0 Å². The van der Waals surface area contributed by atoms with Gasteiger partial charge in [-0.25, -0.2) is 0 Å². The molecule has 2 aromatic rings. The molecule has 0 aliphatic rings. The highest BCUT2D eigenvalue weighted by Gasteiger charge is 2.14. The summed E-state index contributed by atoms with van der Waals surface area (Å²) >= 11 is 0. The minimum Gasteiger partial charge on any atom is -0.383 e. The molecule has 0 spiro atoms. The molecule has 1 heterocycles. The summed E-state index contributed by atoms with van der Waals surface area (Å²) in [5, 5.41) is 10.4. The van der Waals surface area contributed by atoms with Crippen LogP contribution in [0.5, 0.6) is 0 Å². The molecule has 1 atom stereocenters. The lowest BCUT2D eigenvalue weighted by molar-refractivity contribution is -0.118. The molecule has 1 unspecified atom stereocenters. The van der Waals surface area contributed by atoms with Crippen LogP contribution in [0, 0.1) is 0 Å². The van der Waals surface area contributed by atoms with E-state index in [1.165, 1.54) is 7.11 Å². The number of amides is 1. The second-order valence-corrected chi connectivity index (χ2v) is 3.69. The van der Waals surface area contributed by atoms with Gasteiger partial charge in [-0.2, -0.15) is 5.10 Å². The molecule has 6 nitrogen and oxygen atoms in total. The van der Waals surface area contributed by atoms with Gasteiger partial charge in [0.2, 0.25) is 5.91 Å². The van der Waals surface area contributed by atoms with E-state index in [2.05, 4.69) is 15.5 Å². The van der Waals surface area contributed by atoms with Crippen molar-refractivity contribution >= 4 is 22.5 Å². The summed E-state index contributed by atoms with van der Waals surface area (Å²) in [4.78, 5) is 11.7. The lowest BCUT2D eigenvalue weighted by Gasteiger charge is -2.11. The number of methoxy groups -OCH3 is 1. The zero-order valence-corrected chi connectivity index (χ0v) is 9.43. The number of hydrogen-bond acceptors (Lipinski definition) is 4. The molecular weight excluding hydrogens is 220 g/mol. The van der Waals surface area contributed by atoms with E-state index in [9.17, 15) is 4.79 Å². The Kier molecular flexibility index (Phi) is 3.36. The van der Waals surface area contributed by atoms with E-state index in [0.717, 1.165) is 10.9 Å². The topological polar surface area (TPSA) is 93.0 Å². The molecule has 0 aliphatic heterocycles. The van der Waals surface area contributed by atoms with Gasteiger partial charge in [0.05, 0.1) is 24.0 Å². The number of rotatable bonds is 4. The molecule has 0 fully saturated rings. The van der Waals surface area contributed by atoms with Crippen LogP contribution < -0.4 is 11.1 Å². The predicted molar refractivity (Wildman–Crippen MR) is 64.6 cm³/mol. The second-order valence-electron chi connectivity index (χ2n) is 3.69. The Hall–Kier alpha value is -1.92. The number of anilines is 1. The maximum Gasteiger partial charge on any atom is 0.243 e. The maximum absolute atomic E-state index is 11.7. The summed E-state index contributed by atoms with van der Waals surface area (Å²) in [7, 11) is 1.50. The van der Waals surface area contributed by atoms with Crippen LogP contribution in [-0.4, -0.2) is 35.9 Å². The normalized spacial score (nSPS) is 12.6. The number of aromatic nitrogens is 2. The number of nitrogens with zero attached hydrogens (tertiary/aromatic N) is 1. The van der Waals surface area contributed by atoms with Gasteiger partial charge in [0.1, 0.15) is 6.04 Å². The van der Waals surface area contributed by atoms with Crippen molar-refractivity contribution in [3.05, 3.63) is 24.4 Å². The van der Waals surface area contributed by atoms with Crippen molar-refractivity contribution in [3.8, 4) is 0 Å². The number of carbonyl (C=O) groups excluding carboxylic acids is 1. The molecular formula is C11H14N4O2. The highest BCUT2D eigenvalue weighted by molar-refractivity contribution is 6.02. The van der Waals surface area contributed by atoms with Gasteiger partial charge in [0.25, 0.3) is 0 Å². The average Bonchev–Trinajstić information content (AvgIpc) is 2.78. The number of ether oxygens (including phenoxy) is 1. The third kappa shape index (κ3) is 2.43. The van der Waals surface area contributed by atoms with E-state index >= 15 is 0 Å². The van der Waals surface area contributed by atoms with Crippen molar-refractivity contribution in [2.24, 2.45) is 5.73 Å². The summed E-state index contributed by atoms with van der Waals surface area (Å²) in [6, 6.07) is 4.86. The van der Waals surface area contributed by atoms with Gasteiger partial charge < -0.3 is 15.8 Å². The quantitative estimate of drug-likeness (QED) is 0.717. The zero-order chi connectivity index (χ0) is 12.3. The van der Waals surface area contributed by atoms with Crippen LogP contribution in [0.3, 0.4) is 0 Å². The Balaban J connectivity index is 2.18. The number of aromatic amines is 1. The highest BCUT2D eigenvalue weighted by atomic mass is 16.5. The lowest BCUT2D eigenvalue weighted by atomic mass is 10.2. The smallest absolute Gasteiger partial charge is 0.243 e. The maximum atomic E-state index is 11.7. The molecule has 1 amide bonds. The SMILES string of the molecule is COCC(N)C(=O)Nc1cccc2cn[nH]c12. The van der Waals surface area contributed by atoms with Gasteiger partial charge >= 0.3 is 0 Å². The molecule has 4 N–H and O–H groups in total. The van der Waals surface area contributed by atoms with Gasteiger partial charge in [-0.05, 0) is 6.07 Å². The standard InChI is InChI=1S/C11H14N4O2/c1-17-6-8(12)11(16)14-9-4-2-3-7-5-13-15-10(7)9/h2-5,8H,6,12H2,1H3,(H,13,15)(H,14,16). The van der Waals surface area contributed by atoms with Gasteiger partial charge in [0, 0.05) is 12.5 Å². The number of H-pyrrole nitrogens is 1. The van der Waals surface area contributed by atoms with Gasteiger partial charge in [0.15, 0.2) is 0 Å². The van der Waals surface area contributed by atoms with Crippen molar-refractivity contribution in [2.75, 3.05) is 19.0 Å². The number of fused-ring (bicyclic) bond motifs is 1. The second kappa shape index (κ2) is 4.94. The van der Waals surface area contributed by atoms with Crippen LogP contribution in [0.4, 0.5) is 5.69 Å². The number of nitrogens with two attached hydrogens (primary N) is 1.